The van der Waals surface area contributed by atoms with Gasteiger partial charge in [-0.05, 0) is 38.3 Å². The fraction of sp³-hybridized carbons (Fsp3) is 0.619. The number of nitrogens with one attached hydrogen (secondary N) is 2. The molecule has 3 aliphatic heterocycles. The summed E-state index contributed by atoms with van der Waals surface area (Å²) in [5.41, 5.74) is 1.22. The monoisotopic (exact) mass is 513 g/mol. The lowest BCUT2D eigenvalue weighted by Gasteiger charge is -2.36. The Bertz CT molecular complexity index is 694. The molecule has 0 saturated carbocycles. The summed E-state index contributed by atoms with van der Waals surface area (Å²) in [6, 6.07) is 10.7. The minimum Gasteiger partial charge on any atom is -0.373 e. The third kappa shape index (κ3) is 5.53. The van der Waals surface area contributed by atoms with Crippen molar-refractivity contribution < 1.29 is 9.53 Å². The van der Waals surface area contributed by atoms with E-state index in [4.69, 9.17) is 4.74 Å². The van der Waals surface area contributed by atoms with E-state index in [9.17, 15) is 4.79 Å². The van der Waals surface area contributed by atoms with Gasteiger partial charge in [0.15, 0.2) is 5.96 Å². The Labute approximate surface area is 190 Å². The smallest absolute Gasteiger partial charge is 0.244 e. The average molecular weight is 513 g/mol. The quantitative estimate of drug-likeness (QED) is 0.358. The van der Waals surface area contributed by atoms with Gasteiger partial charge < -0.3 is 25.2 Å². The Kier molecular flexibility index (Phi) is 7.99. The Morgan fingerprint density at radius 3 is 2.55 bits per heavy atom. The van der Waals surface area contributed by atoms with Gasteiger partial charge in [0.05, 0.1) is 18.2 Å². The van der Waals surface area contributed by atoms with Gasteiger partial charge in [0, 0.05) is 38.4 Å². The molecule has 1 amide bonds. The normalized spacial score (nSPS) is 26.2. The highest BCUT2D eigenvalue weighted by Gasteiger charge is 2.41. The predicted octanol–water partition coefficient (Wildman–Crippen LogP) is 1.83. The van der Waals surface area contributed by atoms with E-state index in [1.165, 1.54) is 12.1 Å². The highest BCUT2D eigenvalue weighted by molar-refractivity contribution is 14.0. The largest absolute Gasteiger partial charge is 0.373 e. The zero-order valence-electron chi connectivity index (χ0n) is 17.0. The number of benzene rings is 1. The van der Waals surface area contributed by atoms with Crippen LogP contribution in [0.1, 0.15) is 26.2 Å². The summed E-state index contributed by atoms with van der Waals surface area (Å²) in [4.78, 5) is 21.4. The molecule has 3 heterocycles. The first-order valence-electron chi connectivity index (χ1n) is 10.5. The maximum Gasteiger partial charge on any atom is 0.244 e. The van der Waals surface area contributed by atoms with Gasteiger partial charge in [-0.3, -0.25) is 4.79 Å². The molecule has 29 heavy (non-hydrogen) atoms. The third-order valence-electron chi connectivity index (χ3n) is 5.90. The third-order valence-corrected chi connectivity index (χ3v) is 5.90. The zero-order valence-corrected chi connectivity index (χ0v) is 19.4. The number of anilines is 1. The van der Waals surface area contributed by atoms with Gasteiger partial charge in [0.25, 0.3) is 0 Å². The number of carbonyl (C=O) groups excluding carboxylic acids is 1. The summed E-state index contributed by atoms with van der Waals surface area (Å²) in [6.07, 6.45) is 4.00. The van der Waals surface area contributed by atoms with Crippen molar-refractivity contribution in [1.82, 2.24) is 15.5 Å². The number of piperazine rings is 1. The van der Waals surface area contributed by atoms with Crippen LogP contribution in [-0.4, -0.2) is 74.3 Å². The standard InChI is InChI=1S/C21H31N5O2.HI/c1-2-22-21(24-18-14-17-8-9-19(18)28-17)23-15-20(27)26-12-10-25(11-13-26)16-6-4-3-5-7-16;/h3-7,17-19H,2,8-15H2,1H3,(H2,22,23,24);1H. The molecule has 0 aromatic heterocycles. The van der Waals surface area contributed by atoms with Crippen molar-refractivity contribution in [2.45, 2.75) is 44.4 Å². The summed E-state index contributed by atoms with van der Waals surface area (Å²) in [5.74, 6) is 0.814. The summed E-state index contributed by atoms with van der Waals surface area (Å²) >= 11 is 0. The van der Waals surface area contributed by atoms with Crippen molar-refractivity contribution in [2.24, 2.45) is 4.99 Å². The van der Waals surface area contributed by atoms with E-state index < -0.39 is 0 Å². The molecule has 4 rings (SSSR count). The average Bonchev–Trinajstić information content (AvgIpc) is 3.36. The van der Waals surface area contributed by atoms with E-state index in [0.717, 1.165) is 51.5 Å². The molecule has 1 aromatic rings. The van der Waals surface area contributed by atoms with Gasteiger partial charge in [-0.1, -0.05) is 18.2 Å². The lowest BCUT2D eigenvalue weighted by molar-refractivity contribution is -0.129. The van der Waals surface area contributed by atoms with Crippen LogP contribution in [0.4, 0.5) is 5.69 Å². The van der Waals surface area contributed by atoms with Crippen molar-refractivity contribution in [3.05, 3.63) is 30.3 Å². The Hall–Kier alpha value is -1.55. The predicted molar refractivity (Wildman–Crippen MR) is 126 cm³/mol. The fourth-order valence-electron chi connectivity index (χ4n) is 4.38. The van der Waals surface area contributed by atoms with Gasteiger partial charge in [-0.2, -0.15) is 0 Å². The van der Waals surface area contributed by atoms with Crippen LogP contribution in [0.2, 0.25) is 0 Å². The van der Waals surface area contributed by atoms with Gasteiger partial charge >= 0.3 is 0 Å². The first kappa shape index (κ1) is 22.1. The summed E-state index contributed by atoms with van der Waals surface area (Å²) in [6.45, 7) is 6.21. The number of aliphatic imine (C=N–C) groups is 1. The highest BCUT2D eigenvalue weighted by Crippen LogP contribution is 2.34. The molecule has 8 heteroatoms. The topological polar surface area (TPSA) is 69.2 Å². The van der Waals surface area contributed by atoms with Gasteiger partial charge in [-0.25, -0.2) is 4.99 Å². The Morgan fingerprint density at radius 2 is 1.93 bits per heavy atom. The second kappa shape index (κ2) is 10.5. The number of hydrogen-bond acceptors (Lipinski definition) is 4. The molecule has 160 valence electrons. The van der Waals surface area contributed by atoms with Crippen LogP contribution in [-0.2, 0) is 9.53 Å². The SMILES string of the molecule is CCNC(=NCC(=O)N1CCN(c2ccccc2)CC1)NC1CC2CCC1O2.I. The minimum atomic E-state index is 0. The van der Waals surface area contributed by atoms with Gasteiger partial charge in [-0.15, -0.1) is 24.0 Å². The molecule has 3 aliphatic rings. The van der Waals surface area contributed by atoms with Crippen LogP contribution >= 0.6 is 24.0 Å². The van der Waals surface area contributed by atoms with Crippen LogP contribution in [0.3, 0.4) is 0 Å². The minimum absolute atomic E-state index is 0. The Balaban J connectivity index is 0.00000240. The molecule has 3 saturated heterocycles. The molecule has 7 nitrogen and oxygen atoms in total. The number of amides is 1. The molecule has 2 bridgehead atoms. The molecule has 0 spiro atoms. The molecule has 1 aromatic carbocycles. The van der Waals surface area contributed by atoms with E-state index in [-0.39, 0.29) is 42.5 Å². The number of rotatable bonds is 5. The first-order valence-corrected chi connectivity index (χ1v) is 10.5. The van der Waals surface area contributed by atoms with Crippen LogP contribution in [0.5, 0.6) is 0 Å². The number of carbonyl (C=O) groups is 1. The van der Waals surface area contributed by atoms with Crippen molar-refractivity contribution in [3.63, 3.8) is 0 Å². The maximum atomic E-state index is 12.6. The lowest BCUT2D eigenvalue weighted by Crippen LogP contribution is -2.50. The van der Waals surface area contributed by atoms with Crippen LogP contribution in [0, 0.1) is 0 Å². The molecule has 3 atom stereocenters. The molecular weight excluding hydrogens is 481 g/mol. The van der Waals surface area contributed by atoms with E-state index in [0.29, 0.717) is 12.1 Å². The van der Waals surface area contributed by atoms with Crippen molar-refractivity contribution >= 4 is 41.5 Å². The van der Waals surface area contributed by atoms with E-state index >= 15 is 0 Å². The fourth-order valence-corrected chi connectivity index (χ4v) is 4.38. The highest BCUT2D eigenvalue weighted by atomic mass is 127. The number of halogens is 1. The molecule has 2 N–H and O–H groups in total. The molecule has 0 aliphatic carbocycles. The second-order valence-electron chi connectivity index (χ2n) is 7.76. The number of para-hydroxylation sites is 1. The molecule has 0 radical (unpaired) electrons. The maximum absolute atomic E-state index is 12.6. The van der Waals surface area contributed by atoms with Crippen molar-refractivity contribution in [3.8, 4) is 0 Å². The number of ether oxygens (including phenoxy) is 1. The summed E-state index contributed by atoms with van der Waals surface area (Å²) in [7, 11) is 0. The van der Waals surface area contributed by atoms with Crippen LogP contribution < -0.4 is 15.5 Å². The first-order chi connectivity index (χ1) is 13.7. The summed E-state index contributed by atoms with van der Waals surface area (Å²) < 4.78 is 5.91. The van der Waals surface area contributed by atoms with E-state index in [1.54, 1.807) is 0 Å². The van der Waals surface area contributed by atoms with Crippen LogP contribution in [0.15, 0.2) is 35.3 Å². The molecular formula is C21H32IN5O2. The Morgan fingerprint density at radius 1 is 1.17 bits per heavy atom. The number of nitrogens with zero attached hydrogens (tertiary/aromatic N) is 3. The van der Waals surface area contributed by atoms with Gasteiger partial charge in [0.2, 0.25) is 5.91 Å². The lowest BCUT2D eigenvalue weighted by atomic mass is 9.96. The second-order valence-corrected chi connectivity index (χ2v) is 7.76. The molecule has 3 fully saturated rings. The van der Waals surface area contributed by atoms with Crippen molar-refractivity contribution in [2.75, 3.05) is 44.2 Å². The summed E-state index contributed by atoms with van der Waals surface area (Å²) in [5, 5.41) is 6.73. The van der Waals surface area contributed by atoms with E-state index in [1.807, 2.05) is 17.9 Å². The number of hydrogen-bond donors (Lipinski definition) is 2. The number of guanidine groups is 1. The zero-order chi connectivity index (χ0) is 19.3. The van der Waals surface area contributed by atoms with E-state index in [2.05, 4.69) is 44.8 Å². The van der Waals surface area contributed by atoms with Gasteiger partial charge in [0.1, 0.15) is 6.54 Å². The number of fused-ring (bicyclic) bond motifs is 2. The van der Waals surface area contributed by atoms with Crippen molar-refractivity contribution in [1.29, 1.82) is 0 Å². The van der Waals surface area contributed by atoms with Crippen LogP contribution in [0.25, 0.3) is 0 Å². The molecule has 3 unspecified atom stereocenters.